The Hall–Kier alpha value is -1.04. The second-order valence-electron chi connectivity index (χ2n) is 3.99. The van der Waals surface area contributed by atoms with E-state index in [1.165, 1.54) is 17.6 Å². The van der Waals surface area contributed by atoms with Crippen molar-refractivity contribution < 1.29 is 14.3 Å². The Bertz CT molecular complexity index is 367. The summed E-state index contributed by atoms with van der Waals surface area (Å²) in [4.78, 5) is 12.1. The molecule has 1 rings (SSSR count). The van der Waals surface area contributed by atoms with E-state index in [0.717, 1.165) is 25.4 Å². The molecule has 0 aliphatic heterocycles. The summed E-state index contributed by atoms with van der Waals surface area (Å²) >= 11 is 1.66. The third-order valence-corrected chi connectivity index (χ3v) is 3.55. The van der Waals surface area contributed by atoms with E-state index in [1.54, 1.807) is 18.9 Å². The molecular formula is C14H21NO3S. The van der Waals surface area contributed by atoms with Crippen LogP contribution in [0.15, 0.2) is 29.2 Å². The van der Waals surface area contributed by atoms with Gasteiger partial charge in [0.05, 0.1) is 20.1 Å². The summed E-state index contributed by atoms with van der Waals surface area (Å²) in [6, 6.07) is 8.35. The normalized spacial score (nSPS) is 10.4. The fourth-order valence-electron chi connectivity index (χ4n) is 1.46. The molecule has 0 heterocycles. The molecule has 0 saturated heterocycles. The fraction of sp³-hybridized carbons (Fsp3) is 0.500. The zero-order valence-electron chi connectivity index (χ0n) is 11.5. The van der Waals surface area contributed by atoms with Gasteiger partial charge < -0.3 is 14.8 Å². The van der Waals surface area contributed by atoms with E-state index in [4.69, 9.17) is 4.74 Å². The lowest BCUT2D eigenvalue weighted by Crippen LogP contribution is -2.18. The minimum Gasteiger partial charge on any atom is -0.469 e. The molecule has 0 aromatic heterocycles. The molecule has 0 unspecified atom stereocenters. The van der Waals surface area contributed by atoms with Gasteiger partial charge in [-0.25, -0.2) is 0 Å². The molecule has 1 N–H and O–H groups in total. The smallest absolute Gasteiger partial charge is 0.306 e. The minimum atomic E-state index is -0.161. The van der Waals surface area contributed by atoms with Gasteiger partial charge in [-0.05, 0) is 17.7 Å². The number of benzene rings is 1. The van der Waals surface area contributed by atoms with E-state index in [0.29, 0.717) is 6.42 Å². The maximum absolute atomic E-state index is 11.0. The van der Waals surface area contributed by atoms with Crippen molar-refractivity contribution in [1.29, 1.82) is 0 Å². The third kappa shape index (κ3) is 7.20. The van der Waals surface area contributed by atoms with Crippen LogP contribution in [0.3, 0.4) is 0 Å². The average Bonchev–Trinajstić information content (AvgIpc) is 2.45. The standard InChI is InChI=1S/C14H21NO3S/c1-17-9-8-15-11-12-3-5-13(6-4-12)19-10-7-14(16)18-2/h3-6,15H,7-11H2,1-2H3. The lowest BCUT2D eigenvalue weighted by molar-refractivity contribution is -0.140. The SMILES string of the molecule is COCCNCc1ccc(SCCC(=O)OC)cc1. The highest BCUT2D eigenvalue weighted by molar-refractivity contribution is 7.99. The van der Waals surface area contributed by atoms with Crippen LogP contribution in [0.4, 0.5) is 0 Å². The number of nitrogens with one attached hydrogen (secondary N) is 1. The highest BCUT2D eigenvalue weighted by Gasteiger charge is 2.01. The van der Waals surface area contributed by atoms with E-state index in [-0.39, 0.29) is 5.97 Å². The molecule has 0 bridgehead atoms. The van der Waals surface area contributed by atoms with Gasteiger partial charge in [0.1, 0.15) is 0 Å². The van der Waals surface area contributed by atoms with Crippen molar-refractivity contribution in [2.24, 2.45) is 0 Å². The summed E-state index contributed by atoms with van der Waals surface area (Å²) in [5.41, 5.74) is 1.24. The topological polar surface area (TPSA) is 47.6 Å². The summed E-state index contributed by atoms with van der Waals surface area (Å²) in [5.74, 6) is 0.587. The maximum atomic E-state index is 11.0. The number of thioether (sulfide) groups is 1. The number of methoxy groups -OCH3 is 2. The first-order valence-electron chi connectivity index (χ1n) is 6.24. The van der Waals surface area contributed by atoms with Crippen molar-refractivity contribution in [3.63, 3.8) is 0 Å². The highest BCUT2D eigenvalue weighted by atomic mass is 32.2. The predicted molar refractivity (Wildman–Crippen MR) is 77.4 cm³/mol. The van der Waals surface area contributed by atoms with E-state index in [9.17, 15) is 4.79 Å². The van der Waals surface area contributed by atoms with Crippen molar-refractivity contribution >= 4 is 17.7 Å². The molecule has 0 atom stereocenters. The number of rotatable bonds is 9. The largest absolute Gasteiger partial charge is 0.469 e. The number of hydrogen-bond donors (Lipinski definition) is 1. The van der Waals surface area contributed by atoms with Crippen LogP contribution in [0.2, 0.25) is 0 Å². The Morgan fingerprint density at radius 2 is 2.00 bits per heavy atom. The molecule has 0 spiro atoms. The van der Waals surface area contributed by atoms with Crippen LogP contribution >= 0.6 is 11.8 Å². The van der Waals surface area contributed by atoms with Gasteiger partial charge in [-0.3, -0.25) is 4.79 Å². The van der Waals surface area contributed by atoms with E-state index in [2.05, 4.69) is 34.3 Å². The van der Waals surface area contributed by atoms with Crippen molar-refractivity contribution in [3.8, 4) is 0 Å². The molecule has 0 saturated carbocycles. The summed E-state index contributed by atoms with van der Waals surface area (Å²) in [6.07, 6.45) is 0.446. The molecule has 0 fully saturated rings. The highest BCUT2D eigenvalue weighted by Crippen LogP contribution is 2.19. The molecule has 0 aliphatic carbocycles. The van der Waals surface area contributed by atoms with E-state index >= 15 is 0 Å². The van der Waals surface area contributed by atoms with Crippen LogP contribution in [-0.2, 0) is 20.8 Å². The molecule has 1 aromatic carbocycles. The Labute approximate surface area is 118 Å². The number of hydrogen-bond acceptors (Lipinski definition) is 5. The maximum Gasteiger partial charge on any atom is 0.306 e. The second kappa shape index (κ2) is 9.83. The summed E-state index contributed by atoms with van der Waals surface area (Å²) in [7, 11) is 3.11. The Balaban J connectivity index is 2.25. The van der Waals surface area contributed by atoms with Gasteiger partial charge in [-0.1, -0.05) is 12.1 Å². The molecule has 106 valence electrons. The van der Waals surface area contributed by atoms with Crippen molar-refractivity contribution in [1.82, 2.24) is 5.32 Å². The van der Waals surface area contributed by atoms with Gasteiger partial charge in [-0.2, -0.15) is 0 Å². The van der Waals surface area contributed by atoms with Crippen LogP contribution in [0.25, 0.3) is 0 Å². The number of ether oxygens (including phenoxy) is 2. The quantitative estimate of drug-likeness (QED) is 0.427. The van der Waals surface area contributed by atoms with Crippen LogP contribution in [0, 0.1) is 0 Å². The Kier molecular flexibility index (Phi) is 8.29. The molecule has 0 radical (unpaired) electrons. The van der Waals surface area contributed by atoms with Crippen LogP contribution in [0.1, 0.15) is 12.0 Å². The molecule has 5 heteroatoms. The lowest BCUT2D eigenvalue weighted by Gasteiger charge is -2.05. The first kappa shape index (κ1) is 16.0. The second-order valence-corrected chi connectivity index (χ2v) is 5.16. The van der Waals surface area contributed by atoms with Gasteiger partial charge in [0, 0.05) is 30.8 Å². The van der Waals surface area contributed by atoms with E-state index < -0.39 is 0 Å². The Morgan fingerprint density at radius 3 is 2.63 bits per heavy atom. The number of esters is 1. The van der Waals surface area contributed by atoms with Gasteiger partial charge in [0.25, 0.3) is 0 Å². The predicted octanol–water partition coefficient (Wildman–Crippen LogP) is 2.08. The molecule has 19 heavy (non-hydrogen) atoms. The van der Waals surface area contributed by atoms with Crippen molar-refractivity contribution in [2.45, 2.75) is 17.9 Å². The summed E-state index contributed by atoms with van der Waals surface area (Å²) in [5, 5.41) is 3.29. The fourth-order valence-corrected chi connectivity index (χ4v) is 2.30. The summed E-state index contributed by atoms with van der Waals surface area (Å²) in [6.45, 7) is 2.42. The number of carbonyl (C=O) groups excluding carboxylic acids is 1. The van der Waals surface area contributed by atoms with Gasteiger partial charge in [-0.15, -0.1) is 11.8 Å². The molecular weight excluding hydrogens is 262 g/mol. The summed E-state index contributed by atoms with van der Waals surface area (Å²) < 4.78 is 9.57. The zero-order chi connectivity index (χ0) is 13.9. The van der Waals surface area contributed by atoms with E-state index in [1.807, 2.05) is 0 Å². The first-order valence-corrected chi connectivity index (χ1v) is 7.23. The number of carbonyl (C=O) groups is 1. The van der Waals surface area contributed by atoms with Crippen LogP contribution in [-0.4, -0.2) is 39.1 Å². The van der Waals surface area contributed by atoms with Gasteiger partial charge in [0.2, 0.25) is 0 Å². The van der Waals surface area contributed by atoms with Crippen molar-refractivity contribution in [3.05, 3.63) is 29.8 Å². The molecule has 0 amide bonds. The van der Waals surface area contributed by atoms with Gasteiger partial charge >= 0.3 is 5.97 Å². The van der Waals surface area contributed by atoms with Crippen LogP contribution in [0.5, 0.6) is 0 Å². The molecule has 0 aliphatic rings. The minimum absolute atomic E-state index is 0.161. The monoisotopic (exact) mass is 283 g/mol. The molecule has 4 nitrogen and oxygen atoms in total. The van der Waals surface area contributed by atoms with Crippen LogP contribution < -0.4 is 5.32 Å². The lowest BCUT2D eigenvalue weighted by atomic mass is 10.2. The first-order chi connectivity index (χ1) is 9.26. The molecule has 1 aromatic rings. The van der Waals surface area contributed by atoms with Gasteiger partial charge in [0.15, 0.2) is 0 Å². The average molecular weight is 283 g/mol. The zero-order valence-corrected chi connectivity index (χ0v) is 12.3. The third-order valence-electron chi connectivity index (χ3n) is 2.54. The van der Waals surface area contributed by atoms with Crippen molar-refractivity contribution in [2.75, 3.05) is 33.1 Å². The Morgan fingerprint density at radius 1 is 1.26 bits per heavy atom.